The predicted octanol–water partition coefficient (Wildman–Crippen LogP) is 3.85. The van der Waals surface area contributed by atoms with Crippen molar-refractivity contribution < 1.29 is 31.4 Å². The number of hydrogen-bond acceptors (Lipinski definition) is 3. The third-order valence-corrected chi connectivity index (χ3v) is 3.13. The Labute approximate surface area is 171 Å². The summed E-state index contributed by atoms with van der Waals surface area (Å²) in [5.41, 5.74) is 1.41. The lowest BCUT2D eigenvalue weighted by molar-refractivity contribution is -0.173. The summed E-state index contributed by atoms with van der Waals surface area (Å²) in [6.07, 6.45) is -3.99. The summed E-state index contributed by atoms with van der Waals surface area (Å²) in [5.74, 6) is 0.444. The molecule has 0 saturated carbocycles. The van der Waals surface area contributed by atoms with Gasteiger partial charge in [0.1, 0.15) is 12.4 Å². The number of nitrogens with one attached hydrogen (secondary N) is 2. The van der Waals surface area contributed by atoms with Gasteiger partial charge in [0.25, 0.3) is 0 Å². The van der Waals surface area contributed by atoms with Crippen LogP contribution in [-0.2, 0) is 11.3 Å². The molecule has 0 amide bonds. The van der Waals surface area contributed by atoms with E-state index in [0.717, 1.165) is 5.56 Å². The zero-order chi connectivity index (χ0) is 19.6. The van der Waals surface area contributed by atoms with Crippen molar-refractivity contribution in [1.29, 1.82) is 0 Å². The molecule has 0 aliphatic carbocycles. The van der Waals surface area contributed by atoms with E-state index in [2.05, 4.69) is 25.1 Å². The highest BCUT2D eigenvalue weighted by atomic mass is 127. The molecule has 0 spiro atoms. The van der Waals surface area contributed by atoms with Crippen LogP contribution < -0.4 is 15.4 Å². The summed E-state index contributed by atoms with van der Waals surface area (Å²) in [6, 6.07) is 4.84. The van der Waals surface area contributed by atoms with Gasteiger partial charge >= 0.3 is 12.8 Å². The first-order valence-corrected chi connectivity index (χ1v) is 7.84. The van der Waals surface area contributed by atoms with Gasteiger partial charge in [0, 0.05) is 32.3 Å². The molecule has 0 saturated heterocycles. The fourth-order valence-electron chi connectivity index (χ4n) is 2.03. The van der Waals surface area contributed by atoms with E-state index < -0.39 is 19.4 Å². The van der Waals surface area contributed by atoms with E-state index >= 15 is 0 Å². The molecule has 0 heterocycles. The van der Waals surface area contributed by atoms with Crippen molar-refractivity contribution in [3.05, 3.63) is 29.3 Å². The maximum absolute atomic E-state index is 12.4. The monoisotopic (exact) mass is 511 g/mol. The number of guanidine groups is 1. The van der Waals surface area contributed by atoms with Crippen LogP contribution in [0.1, 0.15) is 17.5 Å². The minimum absolute atomic E-state index is 0. The predicted molar refractivity (Wildman–Crippen MR) is 103 cm³/mol. The average molecular weight is 511 g/mol. The molecular weight excluding hydrogens is 488 g/mol. The second-order valence-corrected chi connectivity index (χ2v) is 5.36. The molecule has 0 unspecified atom stereocenters. The maximum Gasteiger partial charge on any atom is 0.411 e. The molecule has 27 heavy (non-hydrogen) atoms. The van der Waals surface area contributed by atoms with E-state index in [4.69, 9.17) is 0 Å². The number of ether oxygens (including phenoxy) is 2. The number of hydrogen-bond donors (Lipinski definition) is 2. The molecule has 0 bridgehead atoms. The molecule has 1 aromatic carbocycles. The van der Waals surface area contributed by atoms with Crippen LogP contribution >= 0.6 is 24.0 Å². The van der Waals surface area contributed by atoms with Crippen molar-refractivity contribution in [2.75, 3.05) is 26.8 Å². The lowest BCUT2D eigenvalue weighted by Gasteiger charge is -2.15. The number of rotatable bonds is 9. The number of halogens is 6. The topological polar surface area (TPSA) is 54.9 Å². The molecule has 0 atom stereocenters. The molecule has 0 aliphatic rings. The summed E-state index contributed by atoms with van der Waals surface area (Å²) in [6.45, 7) is -1.90. The molecule has 5 nitrogen and oxygen atoms in total. The first-order valence-electron chi connectivity index (χ1n) is 7.84. The van der Waals surface area contributed by atoms with E-state index in [9.17, 15) is 22.0 Å². The summed E-state index contributed by atoms with van der Waals surface area (Å²) >= 11 is 0. The van der Waals surface area contributed by atoms with Crippen LogP contribution in [0.4, 0.5) is 22.0 Å². The van der Waals surface area contributed by atoms with Crippen LogP contribution in [0, 0.1) is 6.92 Å². The number of benzene rings is 1. The van der Waals surface area contributed by atoms with E-state index in [1.807, 2.05) is 6.92 Å². The molecule has 156 valence electrons. The van der Waals surface area contributed by atoms with Crippen molar-refractivity contribution in [3.63, 3.8) is 0 Å². The minimum atomic E-state index is -4.34. The number of nitrogens with zero attached hydrogens (tertiary/aromatic N) is 1. The minimum Gasteiger partial charge on any atom is -0.434 e. The van der Waals surface area contributed by atoms with Gasteiger partial charge in [-0.1, -0.05) is 17.7 Å². The molecule has 1 aromatic rings. The Bertz CT molecular complexity index is 586. The smallest absolute Gasteiger partial charge is 0.411 e. The van der Waals surface area contributed by atoms with Crippen LogP contribution in [0.15, 0.2) is 23.2 Å². The maximum atomic E-state index is 12.4. The van der Waals surface area contributed by atoms with Gasteiger partial charge < -0.3 is 20.1 Å². The highest BCUT2D eigenvalue weighted by molar-refractivity contribution is 14.0. The zero-order valence-corrected chi connectivity index (χ0v) is 17.2. The zero-order valence-electron chi connectivity index (χ0n) is 14.9. The van der Waals surface area contributed by atoms with E-state index in [1.54, 1.807) is 12.1 Å². The van der Waals surface area contributed by atoms with Gasteiger partial charge in [0.2, 0.25) is 0 Å². The SMILES string of the molecule is CN=C(NCCCOCC(F)(F)F)NCc1cc(C)ccc1OC(F)F.I. The Morgan fingerprint density at radius 3 is 2.52 bits per heavy atom. The Morgan fingerprint density at radius 1 is 1.22 bits per heavy atom. The van der Waals surface area contributed by atoms with Crippen LogP contribution in [-0.4, -0.2) is 45.6 Å². The second kappa shape index (κ2) is 12.9. The molecule has 0 fully saturated rings. The summed E-state index contributed by atoms with van der Waals surface area (Å²) in [4.78, 5) is 3.96. The molecule has 1 rings (SSSR count). The van der Waals surface area contributed by atoms with E-state index in [1.165, 1.54) is 13.1 Å². The second-order valence-electron chi connectivity index (χ2n) is 5.36. The quantitative estimate of drug-likeness (QED) is 0.174. The third kappa shape index (κ3) is 11.8. The van der Waals surface area contributed by atoms with Gasteiger partial charge in [0.05, 0.1) is 0 Å². The van der Waals surface area contributed by atoms with Crippen LogP contribution in [0.25, 0.3) is 0 Å². The number of aliphatic imine (C=N–C) groups is 1. The van der Waals surface area contributed by atoms with Gasteiger partial charge in [-0.25, -0.2) is 0 Å². The van der Waals surface area contributed by atoms with Crippen molar-refractivity contribution in [3.8, 4) is 5.75 Å². The van der Waals surface area contributed by atoms with E-state index in [-0.39, 0.29) is 42.9 Å². The van der Waals surface area contributed by atoms with Crippen molar-refractivity contribution in [2.45, 2.75) is 32.7 Å². The largest absolute Gasteiger partial charge is 0.434 e. The average Bonchev–Trinajstić information content (AvgIpc) is 2.54. The molecular formula is C16H23F5IN3O2. The Morgan fingerprint density at radius 2 is 1.93 bits per heavy atom. The third-order valence-electron chi connectivity index (χ3n) is 3.13. The normalized spacial score (nSPS) is 11.9. The van der Waals surface area contributed by atoms with Gasteiger partial charge in [-0.15, -0.1) is 24.0 Å². The van der Waals surface area contributed by atoms with Gasteiger partial charge in [0.15, 0.2) is 5.96 Å². The fourth-order valence-corrected chi connectivity index (χ4v) is 2.03. The van der Waals surface area contributed by atoms with Gasteiger partial charge in [-0.05, 0) is 19.4 Å². The van der Waals surface area contributed by atoms with E-state index in [0.29, 0.717) is 24.5 Å². The summed E-state index contributed by atoms with van der Waals surface area (Å²) in [5, 5.41) is 5.84. The van der Waals surface area contributed by atoms with Crippen LogP contribution in [0.3, 0.4) is 0 Å². The Balaban J connectivity index is 0.00000676. The summed E-state index contributed by atoms with van der Waals surface area (Å²) < 4.78 is 69.6. The van der Waals surface area contributed by atoms with Crippen LogP contribution in [0.2, 0.25) is 0 Å². The van der Waals surface area contributed by atoms with Crippen LogP contribution in [0.5, 0.6) is 5.75 Å². The standard InChI is InChI=1S/C16H22F5N3O2.HI/c1-11-4-5-13(26-14(17)18)12(8-11)9-24-15(22-2)23-6-3-7-25-10-16(19,20)21;/h4-5,8,14H,3,6-7,9-10H2,1-2H3,(H2,22,23,24);1H. The first kappa shape index (κ1) is 25.6. The van der Waals surface area contributed by atoms with Crippen molar-refractivity contribution in [1.82, 2.24) is 10.6 Å². The van der Waals surface area contributed by atoms with Crippen molar-refractivity contribution in [2.24, 2.45) is 4.99 Å². The Hall–Kier alpha value is -1.37. The Kier molecular flexibility index (Phi) is 12.3. The highest BCUT2D eigenvalue weighted by Gasteiger charge is 2.27. The molecule has 2 N–H and O–H groups in total. The number of alkyl halides is 5. The van der Waals surface area contributed by atoms with Gasteiger partial charge in [-0.2, -0.15) is 22.0 Å². The molecule has 0 radical (unpaired) electrons. The lowest BCUT2D eigenvalue weighted by atomic mass is 10.1. The van der Waals surface area contributed by atoms with Crippen molar-refractivity contribution >= 4 is 29.9 Å². The fraction of sp³-hybridized carbons (Fsp3) is 0.562. The van der Waals surface area contributed by atoms with Gasteiger partial charge in [-0.3, -0.25) is 4.99 Å². The molecule has 0 aromatic heterocycles. The first-order chi connectivity index (χ1) is 12.2. The molecule has 0 aliphatic heterocycles. The highest BCUT2D eigenvalue weighted by Crippen LogP contribution is 2.22. The molecule has 11 heteroatoms. The number of aryl methyl sites for hydroxylation is 1. The summed E-state index contributed by atoms with van der Waals surface area (Å²) in [7, 11) is 1.52. The lowest BCUT2D eigenvalue weighted by Crippen LogP contribution is -2.37.